The van der Waals surface area contributed by atoms with Gasteiger partial charge in [-0.1, -0.05) is 18.2 Å². The number of hydrogen-bond acceptors (Lipinski definition) is 7. The third-order valence-corrected chi connectivity index (χ3v) is 5.96. The van der Waals surface area contributed by atoms with Gasteiger partial charge in [0.25, 0.3) is 5.91 Å². The van der Waals surface area contributed by atoms with E-state index in [9.17, 15) is 19.5 Å². The lowest BCUT2D eigenvalue weighted by atomic mass is 10.0. The number of benzene rings is 2. The largest absolute Gasteiger partial charge is 0.508 e. The van der Waals surface area contributed by atoms with Gasteiger partial charge >= 0.3 is 6.09 Å². The molecule has 9 nitrogen and oxygen atoms in total. The number of amides is 3. The SMILES string of the molecule is C=CCN(C(=O)C(CCSC)NC(=O)OC(C)(C)C)C(C(=O)Nc1ccc(OC)cc1)c1cccc(O)c1. The summed E-state index contributed by atoms with van der Waals surface area (Å²) in [7, 11) is 1.54. The van der Waals surface area contributed by atoms with E-state index in [2.05, 4.69) is 17.2 Å². The van der Waals surface area contributed by atoms with E-state index in [0.29, 0.717) is 29.2 Å². The number of methoxy groups -OCH3 is 1. The number of carbonyl (C=O) groups excluding carboxylic acids is 3. The van der Waals surface area contributed by atoms with Gasteiger partial charge in [-0.25, -0.2) is 4.79 Å². The lowest BCUT2D eigenvalue weighted by Crippen LogP contribution is -2.52. The van der Waals surface area contributed by atoms with E-state index in [4.69, 9.17) is 9.47 Å². The zero-order valence-corrected chi connectivity index (χ0v) is 23.3. The highest BCUT2D eigenvalue weighted by Crippen LogP contribution is 2.28. The Kier molecular flexibility index (Phi) is 11.5. The Morgan fingerprint density at radius 1 is 1.16 bits per heavy atom. The molecule has 0 heterocycles. The van der Waals surface area contributed by atoms with E-state index in [1.165, 1.54) is 34.9 Å². The van der Waals surface area contributed by atoms with E-state index in [0.717, 1.165) is 0 Å². The molecular weight excluding hydrogens is 506 g/mol. The molecule has 0 aliphatic rings. The fraction of sp³-hybridized carbons (Fsp3) is 0.393. The van der Waals surface area contributed by atoms with Crippen LogP contribution in [0.4, 0.5) is 10.5 Å². The van der Waals surface area contributed by atoms with E-state index in [-0.39, 0.29) is 12.3 Å². The molecule has 2 aromatic carbocycles. The zero-order valence-electron chi connectivity index (χ0n) is 22.5. The maximum Gasteiger partial charge on any atom is 0.408 e. The number of phenols is 1. The Labute approximate surface area is 228 Å². The van der Waals surface area contributed by atoms with Gasteiger partial charge in [-0.3, -0.25) is 9.59 Å². The summed E-state index contributed by atoms with van der Waals surface area (Å²) in [5, 5.41) is 15.7. The number of anilines is 1. The van der Waals surface area contributed by atoms with E-state index in [1.54, 1.807) is 64.3 Å². The van der Waals surface area contributed by atoms with E-state index in [1.807, 2.05) is 6.26 Å². The second-order valence-corrected chi connectivity index (χ2v) is 10.5. The highest BCUT2D eigenvalue weighted by molar-refractivity contribution is 7.98. The summed E-state index contributed by atoms with van der Waals surface area (Å²) in [6, 6.07) is 10.8. The minimum Gasteiger partial charge on any atom is -0.508 e. The number of thioether (sulfide) groups is 1. The number of nitrogens with zero attached hydrogens (tertiary/aromatic N) is 1. The highest BCUT2D eigenvalue weighted by atomic mass is 32.2. The molecule has 0 aromatic heterocycles. The second kappa shape index (κ2) is 14.3. The van der Waals surface area contributed by atoms with Crippen LogP contribution in [0.3, 0.4) is 0 Å². The summed E-state index contributed by atoms with van der Waals surface area (Å²) in [6.45, 7) is 8.98. The molecule has 2 atom stereocenters. The molecule has 0 aliphatic heterocycles. The first-order valence-corrected chi connectivity index (χ1v) is 13.5. The number of alkyl carbamates (subject to hydrolysis) is 1. The average Bonchev–Trinajstić information content (AvgIpc) is 2.85. The Morgan fingerprint density at radius 2 is 1.84 bits per heavy atom. The lowest BCUT2D eigenvalue weighted by molar-refractivity contribution is -0.140. The van der Waals surface area contributed by atoms with Crippen LogP contribution in [0.2, 0.25) is 0 Å². The zero-order chi connectivity index (χ0) is 28.3. The molecule has 0 bridgehead atoms. The van der Waals surface area contributed by atoms with Crippen molar-refractivity contribution in [1.82, 2.24) is 10.2 Å². The summed E-state index contributed by atoms with van der Waals surface area (Å²) in [6.07, 6.45) is 2.99. The van der Waals surface area contributed by atoms with Crippen LogP contribution >= 0.6 is 11.8 Å². The number of rotatable bonds is 12. The summed E-state index contributed by atoms with van der Waals surface area (Å²) >= 11 is 1.52. The molecule has 2 unspecified atom stereocenters. The van der Waals surface area contributed by atoms with Crippen LogP contribution in [-0.2, 0) is 14.3 Å². The van der Waals surface area contributed by atoms with Crippen molar-refractivity contribution in [2.45, 2.75) is 44.9 Å². The number of ether oxygens (including phenoxy) is 2. The smallest absolute Gasteiger partial charge is 0.408 e. The number of phenolic OH excluding ortho intramolecular Hbond substituents is 1. The molecule has 2 rings (SSSR count). The van der Waals surface area contributed by atoms with Gasteiger partial charge in [0.05, 0.1) is 7.11 Å². The Hall–Kier alpha value is -3.66. The summed E-state index contributed by atoms with van der Waals surface area (Å²) in [4.78, 5) is 41.5. The van der Waals surface area contributed by atoms with Crippen LogP contribution < -0.4 is 15.4 Å². The minimum absolute atomic E-state index is 0.0148. The predicted molar refractivity (Wildman–Crippen MR) is 151 cm³/mol. The molecule has 0 aliphatic carbocycles. The Morgan fingerprint density at radius 3 is 2.39 bits per heavy atom. The third kappa shape index (κ3) is 9.33. The average molecular weight is 544 g/mol. The van der Waals surface area contributed by atoms with Crippen molar-refractivity contribution >= 4 is 35.4 Å². The maximum absolute atomic E-state index is 13.9. The van der Waals surface area contributed by atoms with Crippen molar-refractivity contribution < 1.29 is 29.0 Å². The molecule has 0 fully saturated rings. The molecule has 206 valence electrons. The molecule has 38 heavy (non-hydrogen) atoms. The highest BCUT2D eigenvalue weighted by Gasteiger charge is 2.36. The summed E-state index contributed by atoms with van der Waals surface area (Å²) < 4.78 is 10.5. The first-order chi connectivity index (χ1) is 18.0. The second-order valence-electron chi connectivity index (χ2n) is 9.47. The van der Waals surface area contributed by atoms with Crippen LogP contribution in [0.1, 0.15) is 38.8 Å². The number of nitrogens with one attached hydrogen (secondary N) is 2. The molecule has 0 spiro atoms. The van der Waals surface area contributed by atoms with Crippen LogP contribution in [0.5, 0.6) is 11.5 Å². The third-order valence-electron chi connectivity index (χ3n) is 5.31. The van der Waals surface area contributed by atoms with Gasteiger partial charge < -0.3 is 30.1 Å². The van der Waals surface area contributed by atoms with Crippen LogP contribution in [0.25, 0.3) is 0 Å². The summed E-state index contributed by atoms with van der Waals surface area (Å²) in [5.74, 6) is 0.172. The van der Waals surface area contributed by atoms with Crippen molar-refractivity contribution in [2.24, 2.45) is 0 Å². The normalized spacial score (nSPS) is 12.6. The van der Waals surface area contributed by atoms with Gasteiger partial charge in [-0.05, 0) is 81.2 Å². The molecule has 2 aromatic rings. The van der Waals surface area contributed by atoms with Crippen molar-refractivity contribution in [1.29, 1.82) is 0 Å². The Balaban J connectivity index is 2.46. The van der Waals surface area contributed by atoms with Gasteiger partial charge in [0.15, 0.2) is 0 Å². The van der Waals surface area contributed by atoms with Crippen molar-refractivity contribution in [2.75, 3.05) is 31.0 Å². The first kappa shape index (κ1) is 30.6. The van der Waals surface area contributed by atoms with Gasteiger partial charge in [0.1, 0.15) is 29.2 Å². The van der Waals surface area contributed by atoms with Crippen LogP contribution in [0.15, 0.2) is 61.2 Å². The van der Waals surface area contributed by atoms with Gasteiger partial charge in [-0.2, -0.15) is 11.8 Å². The van der Waals surface area contributed by atoms with Crippen molar-refractivity contribution in [3.63, 3.8) is 0 Å². The first-order valence-electron chi connectivity index (χ1n) is 12.1. The number of carbonyl (C=O) groups is 3. The van der Waals surface area contributed by atoms with Crippen LogP contribution in [-0.4, -0.2) is 65.2 Å². The molecular formula is C28H37N3O6S. The van der Waals surface area contributed by atoms with Gasteiger partial charge in [0, 0.05) is 12.2 Å². The van der Waals surface area contributed by atoms with Crippen molar-refractivity contribution in [3.05, 3.63) is 66.7 Å². The van der Waals surface area contributed by atoms with Crippen LogP contribution in [0, 0.1) is 0 Å². The Bertz CT molecular complexity index is 1100. The maximum atomic E-state index is 13.9. The minimum atomic E-state index is -1.13. The number of aromatic hydroxyl groups is 1. The fourth-order valence-electron chi connectivity index (χ4n) is 3.66. The number of hydrogen-bond donors (Lipinski definition) is 3. The molecule has 0 saturated carbocycles. The lowest BCUT2D eigenvalue weighted by Gasteiger charge is -2.34. The molecule has 0 radical (unpaired) electrons. The van der Waals surface area contributed by atoms with Gasteiger partial charge in [0.2, 0.25) is 5.91 Å². The fourth-order valence-corrected chi connectivity index (χ4v) is 4.13. The van der Waals surface area contributed by atoms with Gasteiger partial charge in [-0.15, -0.1) is 6.58 Å². The standard InChI is InChI=1S/C28H37N3O6S/c1-7-16-31(26(34)23(15-17-38-6)30-27(35)37-28(2,3)4)24(19-9-8-10-21(32)18-19)25(33)29-20-11-13-22(36-5)14-12-20/h7-14,18,23-24,32H,1,15-17H2,2-6H3,(H,29,33)(H,30,35). The van der Waals surface area contributed by atoms with E-state index < -0.39 is 35.6 Å². The molecule has 3 amide bonds. The van der Waals surface area contributed by atoms with Crippen molar-refractivity contribution in [3.8, 4) is 11.5 Å². The monoisotopic (exact) mass is 543 g/mol. The molecule has 10 heteroatoms. The quantitative estimate of drug-likeness (QED) is 0.331. The molecule has 3 N–H and O–H groups in total. The van der Waals surface area contributed by atoms with E-state index >= 15 is 0 Å². The topological polar surface area (TPSA) is 117 Å². The predicted octanol–water partition coefficient (Wildman–Crippen LogP) is 4.74. The molecule has 0 saturated heterocycles. The summed E-state index contributed by atoms with van der Waals surface area (Å²) in [5.41, 5.74) is 0.144.